The molecule has 6 heteroatoms. The summed E-state index contributed by atoms with van der Waals surface area (Å²) in [4.78, 5) is 8.15. The molecule has 0 spiro atoms. The molecule has 1 heterocycles. The van der Waals surface area contributed by atoms with Gasteiger partial charge in [-0.05, 0) is 19.1 Å². The molecule has 2 aromatic rings. The molecular formula is C12H12F2N4. The largest absolute Gasteiger partial charge is 0.357 e. The highest BCUT2D eigenvalue weighted by Gasteiger charge is 2.10. The van der Waals surface area contributed by atoms with Gasteiger partial charge >= 0.3 is 0 Å². The second-order valence-corrected chi connectivity index (χ2v) is 3.69. The first-order valence-corrected chi connectivity index (χ1v) is 5.34. The summed E-state index contributed by atoms with van der Waals surface area (Å²) in [6.07, 6.45) is 0. The molecule has 0 unspecified atom stereocenters. The Labute approximate surface area is 103 Å². The Hall–Kier alpha value is -2.24. The van der Waals surface area contributed by atoms with Gasteiger partial charge in [-0.1, -0.05) is 6.07 Å². The van der Waals surface area contributed by atoms with Crippen LogP contribution in [0.1, 0.15) is 5.69 Å². The van der Waals surface area contributed by atoms with Crippen molar-refractivity contribution in [2.45, 2.75) is 6.92 Å². The first kappa shape index (κ1) is 12.2. The molecule has 4 nitrogen and oxygen atoms in total. The zero-order chi connectivity index (χ0) is 13.1. The van der Waals surface area contributed by atoms with Crippen molar-refractivity contribution in [1.82, 2.24) is 9.97 Å². The van der Waals surface area contributed by atoms with Crippen LogP contribution < -0.4 is 10.6 Å². The number of aromatic nitrogens is 2. The van der Waals surface area contributed by atoms with Crippen molar-refractivity contribution in [2.24, 2.45) is 0 Å². The number of hydrogen-bond acceptors (Lipinski definition) is 4. The van der Waals surface area contributed by atoms with Crippen molar-refractivity contribution in [1.29, 1.82) is 0 Å². The minimum absolute atomic E-state index is 0.224. The molecule has 0 aliphatic carbocycles. The maximum Gasteiger partial charge on any atom is 0.224 e. The number of aryl methyl sites for hydroxylation is 1. The lowest BCUT2D eigenvalue weighted by atomic mass is 10.3. The number of rotatable bonds is 3. The SMILES string of the molecule is CNc1nc(C)cc(Nc2c(F)cccc2F)n1. The molecule has 1 aromatic carbocycles. The number of anilines is 3. The van der Waals surface area contributed by atoms with Crippen LogP contribution in [0.25, 0.3) is 0 Å². The fraction of sp³-hybridized carbons (Fsp3) is 0.167. The third-order valence-corrected chi connectivity index (χ3v) is 2.29. The van der Waals surface area contributed by atoms with E-state index in [9.17, 15) is 8.78 Å². The molecule has 94 valence electrons. The van der Waals surface area contributed by atoms with E-state index in [1.807, 2.05) is 0 Å². The number of para-hydroxylation sites is 1. The van der Waals surface area contributed by atoms with Crippen LogP contribution in [0.5, 0.6) is 0 Å². The van der Waals surface area contributed by atoms with Crippen LogP contribution in [-0.4, -0.2) is 17.0 Å². The number of hydrogen-bond donors (Lipinski definition) is 2. The smallest absolute Gasteiger partial charge is 0.224 e. The number of nitrogens with one attached hydrogen (secondary N) is 2. The summed E-state index contributed by atoms with van der Waals surface area (Å²) in [5.41, 5.74) is 0.464. The zero-order valence-electron chi connectivity index (χ0n) is 9.96. The molecule has 18 heavy (non-hydrogen) atoms. The molecule has 0 saturated carbocycles. The summed E-state index contributed by atoms with van der Waals surface area (Å²) in [6, 6.07) is 5.27. The van der Waals surface area contributed by atoms with E-state index in [2.05, 4.69) is 20.6 Å². The fourth-order valence-electron chi connectivity index (χ4n) is 1.49. The monoisotopic (exact) mass is 250 g/mol. The van der Waals surface area contributed by atoms with E-state index in [0.29, 0.717) is 17.5 Å². The zero-order valence-corrected chi connectivity index (χ0v) is 9.96. The van der Waals surface area contributed by atoms with Gasteiger partial charge in [-0.15, -0.1) is 0 Å². The van der Waals surface area contributed by atoms with Crippen LogP contribution in [0.2, 0.25) is 0 Å². The van der Waals surface area contributed by atoms with E-state index < -0.39 is 11.6 Å². The predicted molar refractivity (Wildman–Crippen MR) is 66.0 cm³/mol. The molecule has 0 atom stereocenters. The van der Waals surface area contributed by atoms with Gasteiger partial charge in [0.05, 0.1) is 0 Å². The summed E-state index contributed by atoms with van der Waals surface area (Å²) in [7, 11) is 1.67. The Bertz CT molecular complexity index is 552. The molecule has 0 aliphatic rings. The minimum Gasteiger partial charge on any atom is -0.357 e. The van der Waals surface area contributed by atoms with E-state index >= 15 is 0 Å². The van der Waals surface area contributed by atoms with E-state index in [4.69, 9.17) is 0 Å². The highest BCUT2D eigenvalue weighted by molar-refractivity contribution is 5.58. The minimum atomic E-state index is -0.669. The Balaban J connectivity index is 2.37. The summed E-state index contributed by atoms with van der Waals surface area (Å²) >= 11 is 0. The fourth-order valence-corrected chi connectivity index (χ4v) is 1.49. The standard InChI is InChI=1S/C12H12F2N4/c1-7-6-10(18-12(15-2)16-7)17-11-8(13)4-3-5-9(11)14/h3-6H,1-2H3,(H2,15,16,17,18). The Kier molecular flexibility index (Phi) is 3.36. The topological polar surface area (TPSA) is 49.8 Å². The number of halogens is 2. The third-order valence-electron chi connectivity index (χ3n) is 2.29. The Morgan fingerprint density at radius 1 is 1.11 bits per heavy atom. The summed E-state index contributed by atoms with van der Waals surface area (Å²) in [5, 5.41) is 5.39. The molecule has 2 N–H and O–H groups in total. The van der Waals surface area contributed by atoms with Crippen molar-refractivity contribution >= 4 is 17.5 Å². The molecule has 0 fully saturated rings. The van der Waals surface area contributed by atoms with E-state index in [1.54, 1.807) is 20.0 Å². The third kappa shape index (κ3) is 2.53. The maximum absolute atomic E-state index is 13.5. The molecule has 0 bridgehead atoms. The van der Waals surface area contributed by atoms with Crippen molar-refractivity contribution in [3.63, 3.8) is 0 Å². The lowest BCUT2D eigenvalue weighted by Crippen LogP contribution is -2.04. The van der Waals surface area contributed by atoms with Crippen molar-refractivity contribution < 1.29 is 8.78 Å². The highest BCUT2D eigenvalue weighted by Crippen LogP contribution is 2.22. The Morgan fingerprint density at radius 3 is 2.39 bits per heavy atom. The lowest BCUT2D eigenvalue weighted by molar-refractivity contribution is 0.590. The Morgan fingerprint density at radius 2 is 1.78 bits per heavy atom. The van der Waals surface area contributed by atoms with Gasteiger partial charge in [-0.25, -0.2) is 13.8 Å². The molecule has 0 radical (unpaired) electrons. The van der Waals surface area contributed by atoms with Crippen molar-refractivity contribution in [3.05, 3.63) is 41.6 Å². The van der Waals surface area contributed by atoms with Gasteiger partial charge < -0.3 is 10.6 Å². The second kappa shape index (κ2) is 4.95. The quantitative estimate of drug-likeness (QED) is 0.879. The summed E-state index contributed by atoms with van der Waals surface area (Å²) < 4.78 is 26.9. The van der Waals surface area contributed by atoms with Crippen LogP contribution in [0.3, 0.4) is 0 Å². The first-order valence-electron chi connectivity index (χ1n) is 5.34. The average Bonchev–Trinajstić information content (AvgIpc) is 2.33. The molecular weight excluding hydrogens is 238 g/mol. The van der Waals surface area contributed by atoms with Crippen LogP contribution in [0, 0.1) is 18.6 Å². The van der Waals surface area contributed by atoms with Crippen LogP contribution in [0.15, 0.2) is 24.3 Å². The normalized spacial score (nSPS) is 10.2. The van der Waals surface area contributed by atoms with E-state index in [0.717, 1.165) is 0 Å². The van der Waals surface area contributed by atoms with E-state index in [-0.39, 0.29) is 5.69 Å². The number of nitrogens with zero attached hydrogens (tertiary/aromatic N) is 2. The predicted octanol–water partition coefficient (Wildman–Crippen LogP) is 2.85. The summed E-state index contributed by atoms with van der Waals surface area (Å²) in [6.45, 7) is 1.77. The molecule has 1 aromatic heterocycles. The van der Waals surface area contributed by atoms with Gasteiger partial charge in [0, 0.05) is 18.8 Å². The van der Waals surface area contributed by atoms with Gasteiger partial charge in [-0.2, -0.15) is 4.98 Å². The maximum atomic E-state index is 13.5. The van der Waals surface area contributed by atoms with Gasteiger partial charge in [0.15, 0.2) is 0 Å². The van der Waals surface area contributed by atoms with Crippen molar-refractivity contribution in [3.8, 4) is 0 Å². The van der Waals surface area contributed by atoms with Crippen LogP contribution >= 0.6 is 0 Å². The van der Waals surface area contributed by atoms with Crippen LogP contribution in [-0.2, 0) is 0 Å². The highest BCUT2D eigenvalue weighted by atomic mass is 19.1. The van der Waals surface area contributed by atoms with E-state index in [1.165, 1.54) is 18.2 Å². The summed E-state index contributed by atoms with van der Waals surface area (Å²) in [5.74, 6) is -0.625. The molecule has 2 rings (SSSR count). The second-order valence-electron chi connectivity index (χ2n) is 3.69. The lowest BCUT2D eigenvalue weighted by Gasteiger charge is -2.09. The number of benzene rings is 1. The van der Waals surface area contributed by atoms with Crippen molar-refractivity contribution in [2.75, 3.05) is 17.7 Å². The molecule has 0 amide bonds. The molecule has 0 aliphatic heterocycles. The van der Waals surface area contributed by atoms with Gasteiger partial charge in [-0.3, -0.25) is 0 Å². The van der Waals surface area contributed by atoms with Gasteiger partial charge in [0.2, 0.25) is 5.95 Å². The van der Waals surface area contributed by atoms with Gasteiger partial charge in [0.1, 0.15) is 23.1 Å². The molecule has 0 saturated heterocycles. The first-order chi connectivity index (χ1) is 8.60. The van der Waals surface area contributed by atoms with Gasteiger partial charge in [0.25, 0.3) is 0 Å². The van der Waals surface area contributed by atoms with Crippen LogP contribution in [0.4, 0.5) is 26.2 Å². The average molecular weight is 250 g/mol.